The van der Waals surface area contributed by atoms with Crippen LogP contribution in [-0.2, 0) is 60.8 Å². The van der Waals surface area contributed by atoms with Gasteiger partial charge in [-0.25, -0.2) is 4.79 Å². The number of aliphatic imine (C=N–C) groups is 2. The number of primary amides is 1. The van der Waals surface area contributed by atoms with E-state index in [0.717, 1.165) is 0 Å². The van der Waals surface area contributed by atoms with Crippen molar-refractivity contribution in [2.45, 2.75) is 153 Å². The highest BCUT2D eigenvalue weighted by Crippen LogP contribution is 2.15. The van der Waals surface area contributed by atoms with E-state index in [1.165, 1.54) is 30.8 Å². The SMILES string of the molecule is CSCC[C@H](NC(=O)[C@H](Cc1ccc(O)cc1)NC(=O)[C@@H](N)CCCN=C(N)N)C(=O)N[C@@H](CCCN=C(N)N)C(=O)N[C@@H](CCC(N)=O)C(=O)N[C@@H](Cc1ccccc1)C(=O)N[C@H](C(=O)N[C@@H](C)C(=O)N[C@@H](CC(C)C)C(=O)O)C(C)C. The zero-order chi connectivity index (χ0) is 62.3. The van der Waals surface area contributed by atoms with Crippen LogP contribution in [0.5, 0.6) is 5.75 Å². The van der Waals surface area contributed by atoms with E-state index in [4.69, 9.17) is 34.4 Å². The van der Waals surface area contributed by atoms with Gasteiger partial charge >= 0.3 is 5.97 Å². The van der Waals surface area contributed by atoms with Crippen molar-refractivity contribution in [3.8, 4) is 5.75 Å². The second kappa shape index (κ2) is 37.0. The summed E-state index contributed by atoms with van der Waals surface area (Å²) in [6.45, 7) is 8.37. The topological polar surface area (TPSA) is 488 Å². The molecule has 22 N–H and O–H groups in total. The first-order chi connectivity index (χ1) is 39.1. The normalized spacial score (nSPS) is 14.3. The molecule has 0 aliphatic carbocycles. The number of aromatic hydroxyl groups is 1. The van der Waals surface area contributed by atoms with Gasteiger partial charge in [0.05, 0.1) is 6.04 Å². The third-order valence-corrected chi connectivity index (χ3v) is 13.3. The van der Waals surface area contributed by atoms with Gasteiger partial charge in [0, 0.05) is 32.4 Å². The van der Waals surface area contributed by atoms with E-state index in [-0.39, 0.29) is 81.6 Å². The molecule has 9 atom stereocenters. The van der Waals surface area contributed by atoms with Crippen molar-refractivity contribution < 1.29 is 58.2 Å². The summed E-state index contributed by atoms with van der Waals surface area (Å²) in [4.78, 5) is 144. The molecule has 2 rings (SSSR count). The van der Waals surface area contributed by atoms with Crippen LogP contribution in [0.2, 0.25) is 0 Å². The average molecular weight is 1180 g/mol. The van der Waals surface area contributed by atoms with Gasteiger partial charge in [0.25, 0.3) is 0 Å². The van der Waals surface area contributed by atoms with Crippen molar-refractivity contribution >= 4 is 82.8 Å². The van der Waals surface area contributed by atoms with Crippen LogP contribution in [0.25, 0.3) is 0 Å². The van der Waals surface area contributed by atoms with Crippen LogP contribution in [0, 0.1) is 11.8 Å². The molecule has 0 bridgehead atoms. The quantitative estimate of drug-likeness (QED) is 0.0185. The molecule has 0 aromatic heterocycles. The van der Waals surface area contributed by atoms with Crippen molar-refractivity contribution in [1.29, 1.82) is 0 Å². The van der Waals surface area contributed by atoms with Gasteiger partial charge in [-0.2, -0.15) is 11.8 Å². The fourth-order valence-corrected chi connectivity index (χ4v) is 8.61. The second-order valence-corrected chi connectivity index (χ2v) is 21.6. The average Bonchev–Trinajstić information content (AvgIpc) is 3.53. The molecule has 0 heterocycles. The van der Waals surface area contributed by atoms with Gasteiger partial charge in [-0.05, 0) is 99.0 Å². The molecule has 0 spiro atoms. The number of phenolic OH excluding ortho intramolecular Hbond substituents is 1. The lowest BCUT2D eigenvalue weighted by Gasteiger charge is -2.29. The summed E-state index contributed by atoms with van der Waals surface area (Å²) in [5.41, 5.74) is 34.7. The first-order valence-electron chi connectivity index (χ1n) is 27.2. The molecular formula is C54H86N16O12S. The number of benzene rings is 2. The molecule has 83 heavy (non-hydrogen) atoms. The van der Waals surface area contributed by atoms with Crippen LogP contribution in [0.3, 0.4) is 0 Å². The zero-order valence-corrected chi connectivity index (χ0v) is 48.8. The molecule has 0 aliphatic heterocycles. The molecule has 0 radical (unpaired) electrons. The Labute approximate surface area is 487 Å². The maximum atomic E-state index is 14.5. The first kappa shape index (κ1) is 70.9. The number of guanidine groups is 2. The largest absolute Gasteiger partial charge is 0.508 e. The molecule has 0 saturated heterocycles. The van der Waals surface area contributed by atoms with Crippen LogP contribution in [0.1, 0.15) is 97.1 Å². The maximum Gasteiger partial charge on any atom is 0.326 e. The number of aliphatic carboxylic acids is 1. The Morgan fingerprint density at radius 3 is 1.45 bits per heavy atom. The van der Waals surface area contributed by atoms with E-state index in [1.807, 2.05) is 0 Å². The van der Waals surface area contributed by atoms with Crippen molar-refractivity contribution in [1.82, 2.24) is 42.5 Å². The molecule has 0 aliphatic rings. The van der Waals surface area contributed by atoms with Crippen molar-refractivity contribution in [3.63, 3.8) is 0 Å². The minimum atomic E-state index is -1.58. The number of rotatable bonds is 38. The molecule has 0 fully saturated rings. The Bertz CT molecular complexity index is 2530. The summed E-state index contributed by atoms with van der Waals surface area (Å²) >= 11 is 1.35. The molecule has 460 valence electrons. The smallest absolute Gasteiger partial charge is 0.326 e. The van der Waals surface area contributed by atoms with Crippen LogP contribution in [-0.4, -0.2) is 161 Å². The van der Waals surface area contributed by atoms with E-state index in [0.29, 0.717) is 23.3 Å². The van der Waals surface area contributed by atoms with Crippen LogP contribution >= 0.6 is 11.8 Å². The van der Waals surface area contributed by atoms with E-state index in [1.54, 1.807) is 76.4 Å². The third kappa shape index (κ3) is 27.9. The fourth-order valence-electron chi connectivity index (χ4n) is 8.13. The van der Waals surface area contributed by atoms with Gasteiger partial charge in [-0.15, -0.1) is 0 Å². The van der Waals surface area contributed by atoms with Gasteiger partial charge in [0.15, 0.2) is 11.9 Å². The standard InChI is InChI=1S/C54H86N16O12S/c1-29(2)26-41(52(81)82)69-44(73)31(5)63-51(80)43(30(3)4)70-50(79)40(27-32-12-8-7-9-13-32)68-47(76)37(20-21-42(56)72)65-46(75)36(15-11-24-62-54(59)60)64-48(77)38(22-25-83-6)66-49(78)39(28-33-16-18-34(71)19-17-33)67-45(74)35(55)14-10-23-61-53(57)58/h7-9,12-13,16-19,29-31,35-41,43,71H,10-11,14-15,20-28,55H2,1-6H3,(H2,56,72)(H,63,80)(H,64,77)(H,65,75)(H,66,78)(H,67,74)(H,68,76)(H,69,73)(H,70,79)(H,81,82)(H4,57,58,61)(H4,59,60,62)/t31-,35-,36-,37-,38-,39-,40-,41-,43-/m0/s1. The fraction of sp³-hybridized carbons (Fsp3) is 0.556. The number of carbonyl (C=O) groups excluding carboxylic acids is 9. The number of hydrogen-bond acceptors (Lipinski definition) is 15. The van der Waals surface area contributed by atoms with Gasteiger partial charge in [-0.3, -0.25) is 53.1 Å². The highest BCUT2D eigenvalue weighted by atomic mass is 32.2. The Morgan fingerprint density at radius 1 is 0.518 bits per heavy atom. The van der Waals surface area contributed by atoms with Gasteiger partial charge in [-0.1, -0.05) is 70.2 Å². The number of nitrogens with two attached hydrogens (primary N) is 6. The van der Waals surface area contributed by atoms with Crippen LogP contribution in [0.4, 0.5) is 0 Å². The number of hydrogen-bond donors (Lipinski definition) is 16. The predicted octanol–water partition coefficient (Wildman–Crippen LogP) is -2.68. The first-order valence-corrected chi connectivity index (χ1v) is 28.6. The van der Waals surface area contributed by atoms with E-state index < -0.39 is 132 Å². The third-order valence-electron chi connectivity index (χ3n) is 12.7. The van der Waals surface area contributed by atoms with Crippen molar-refractivity contribution in [2.24, 2.45) is 56.2 Å². The van der Waals surface area contributed by atoms with Gasteiger partial charge in [0.2, 0.25) is 53.2 Å². The van der Waals surface area contributed by atoms with Gasteiger partial charge in [0.1, 0.15) is 54.1 Å². The summed E-state index contributed by atoms with van der Waals surface area (Å²) in [6, 6.07) is 2.43. The number of phenols is 1. The Hall–Kier alpha value is -8.21. The van der Waals surface area contributed by atoms with Crippen molar-refractivity contribution in [3.05, 3.63) is 65.7 Å². The molecule has 0 saturated carbocycles. The number of carboxylic acids is 1. The number of thioether (sulfide) groups is 1. The van der Waals surface area contributed by atoms with Crippen LogP contribution in [0.15, 0.2) is 64.6 Å². The maximum absolute atomic E-state index is 14.5. The predicted molar refractivity (Wildman–Crippen MR) is 314 cm³/mol. The number of nitrogens with one attached hydrogen (secondary N) is 8. The molecule has 28 nitrogen and oxygen atoms in total. The second-order valence-electron chi connectivity index (χ2n) is 20.6. The molecular weight excluding hydrogens is 1100 g/mol. The lowest BCUT2D eigenvalue weighted by atomic mass is 10.00. The summed E-state index contributed by atoms with van der Waals surface area (Å²) in [7, 11) is 0. The molecule has 29 heteroatoms. The molecule has 2 aromatic carbocycles. The summed E-state index contributed by atoms with van der Waals surface area (Å²) in [5.74, 6) is -9.53. The lowest BCUT2D eigenvalue weighted by molar-refractivity contribution is -0.142. The van der Waals surface area contributed by atoms with E-state index >= 15 is 0 Å². The molecule has 9 amide bonds. The highest BCUT2D eigenvalue weighted by Gasteiger charge is 2.36. The van der Waals surface area contributed by atoms with E-state index in [9.17, 15) is 58.2 Å². The summed E-state index contributed by atoms with van der Waals surface area (Å²) in [5, 5.41) is 40.4. The molecule has 2 aromatic rings. The van der Waals surface area contributed by atoms with Gasteiger partial charge < -0.3 is 87.1 Å². The van der Waals surface area contributed by atoms with E-state index in [2.05, 4.69) is 52.5 Å². The highest BCUT2D eigenvalue weighted by molar-refractivity contribution is 7.98. The number of carbonyl (C=O) groups is 10. The Kier molecular flexibility index (Phi) is 31.6. The Balaban J connectivity index is 2.51. The summed E-state index contributed by atoms with van der Waals surface area (Å²) < 4.78 is 0. The lowest BCUT2D eigenvalue weighted by Crippen LogP contribution is -2.61. The minimum Gasteiger partial charge on any atom is -0.508 e. The van der Waals surface area contributed by atoms with Crippen LogP contribution < -0.4 is 76.9 Å². The number of amides is 9. The number of carboxylic acid groups (broad SMARTS) is 1. The molecule has 0 unspecified atom stereocenters. The minimum absolute atomic E-state index is 0.00343. The Morgan fingerprint density at radius 2 is 0.964 bits per heavy atom. The summed E-state index contributed by atoms with van der Waals surface area (Å²) in [6.07, 6.45) is 1.30. The number of nitrogens with zero attached hydrogens (tertiary/aromatic N) is 2. The zero-order valence-electron chi connectivity index (χ0n) is 48.0. The monoisotopic (exact) mass is 1180 g/mol. The van der Waals surface area contributed by atoms with Crippen molar-refractivity contribution in [2.75, 3.05) is 25.1 Å².